The second-order valence-electron chi connectivity index (χ2n) is 4.31. The molecule has 0 fully saturated rings. The van der Waals surface area contributed by atoms with Crippen molar-refractivity contribution in [3.8, 4) is 5.75 Å². The Morgan fingerprint density at radius 1 is 1.26 bits per heavy atom. The maximum atomic E-state index is 7.40. The fourth-order valence-corrected chi connectivity index (χ4v) is 1.82. The monoisotopic (exact) mass is 274 g/mol. The van der Waals surface area contributed by atoms with Crippen LogP contribution in [0, 0.1) is 12.3 Å². The van der Waals surface area contributed by atoms with E-state index < -0.39 is 0 Å². The molecule has 0 aliphatic carbocycles. The Balaban J connectivity index is 2.07. The molecule has 4 heteroatoms. The van der Waals surface area contributed by atoms with Gasteiger partial charge in [0.15, 0.2) is 0 Å². The van der Waals surface area contributed by atoms with Gasteiger partial charge in [0, 0.05) is 10.6 Å². The van der Waals surface area contributed by atoms with Gasteiger partial charge in [-0.25, -0.2) is 0 Å². The molecule has 0 aromatic heterocycles. The molecule has 19 heavy (non-hydrogen) atoms. The summed E-state index contributed by atoms with van der Waals surface area (Å²) in [5.41, 5.74) is 8.11. The van der Waals surface area contributed by atoms with Crippen LogP contribution in [-0.4, -0.2) is 5.84 Å². The SMILES string of the molecule is Cc1cc(OCc2cccc(C(=N)N)c2)ccc1Cl. The summed E-state index contributed by atoms with van der Waals surface area (Å²) in [6.45, 7) is 2.37. The van der Waals surface area contributed by atoms with Gasteiger partial charge in [-0.15, -0.1) is 0 Å². The summed E-state index contributed by atoms with van der Waals surface area (Å²) in [6, 6.07) is 13.0. The molecule has 3 nitrogen and oxygen atoms in total. The molecule has 0 spiro atoms. The van der Waals surface area contributed by atoms with Crippen LogP contribution < -0.4 is 10.5 Å². The van der Waals surface area contributed by atoms with Crippen LogP contribution in [-0.2, 0) is 6.61 Å². The largest absolute Gasteiger partial charge is 0.489 e. The van der Waals surface area contributed by atoms with Crippen molar-refractivity contribution in [2.45, 2.75) is 13.5 Å². The van der Waals surface area contributed by atoms with Crippen molar-refractivity contribution >= 4 is 17.4 Å². The lowest BCUT2D eigenvalue weighted by atomic mass is 10.1. The first-order valence-electron chi connectivity index (χ1n) is 5.88. The maximum Gasteiger partial charge on any atom is 0.122 e. The number of hydrogen-bond donors (Lipinski definition) is 2. The summed E-state index contributed by atoms with van der Waals surface area (Å²) in [5.74, 6) is 0.833. The number of hydrogen-bond acceptors (Lipinski definition) is 2. The quantitative estimate of drug-likeness (QED) is 0.662. The van der Waals surface area contributed by atoms with Gasteiger partial charge in [0.25, 0.3) is 0 Å². The van der Waals surface area contributed by atoms with Crippen molar-refractivity contribution in [2.75, 3.05) is 0 Å². The second kappa shape index (κ2) is 5.76. The van der Waals surface area contributed by atoms with Gasteiger partial charge in [-0.2, -0.15) is 0 Å². The Hall–Kier alpha value is -2.00. The first kappa shape index (κ1) is 13.4. The maximum absolute atomic E-state index is 7.40. The number of halogens is 1. The zero-order valence-electron chi connectivity index (χ0n) is 10.6. The number of nitrogens with one attached hydrogen (secondary N) is 1. The fraction of sp³-hybridized carbons (Fsp3) is 0.133. The predicted molar refractivity (Wildman–Crippen MR) is 78.0 cm³/mol. The van der Waals surface area contributed by atoms with Crippen LogP contribution in [0.3, 0.4) is 0 Å². The minimum atomic E-state index is 0.0594. The van der Waals surface area contributed by atoms with Gasteiger partial charge in [-0.3, -0.25) is 5.41 Å². The number of nitrogens with two attached hydrogens (primary N) is 1. The molecular formula is C15H15ClN2O. The molecule has 0 amide bonds. The van der Waals surface area contributed by atoms with Crippen molar-refractivity contribution in [1.29, 1.82) is 5.41 Å². The Morgan fingerprint density at radius 2 is 2.05 bits per heavy atom. The lowest BCUT2D eigenvalue weighted by Gasteiger charge is -2.08. The van der Waals surface area contributed by atoms with E-state index in [-0.39, 0.29) is 5.84 Å². The Bertz CT molecular complexity index is 611. The third-order valence-electron chi connectivity index (χ3n) is 2.77. The van der Waals surface area contributed by atoms with Crippen molar-refractivity contribution in [3.63, 3.8) is 0 Å². The highest BCUT2D eigenvalue weighted by Gasteiger charge is 2.01. The second-order valence-corrected chi connectivity index (χ2v) is 4.72. The number of ether oxygens (including phenoxy) is 1. The topological polar surface area (TPSA) is 59.1 Å². The number of benzene rings is 2. The molecule has 0 saturated heterocycles. The van der Waals surface area contributed by atoms with E-state index in [9.17, 15) is 0 Å². The van der Waals surface area contributed by atoms with E-state index in [1.807, 2.05) is 43.3 Å². The van der Waals surface area contributed by atoms with Crippen molar-refractivity contribution in [2.24, 2.45) is 5.73 Å². The number of nitrogen functional groups attached to an aromatic ring is 1. The fourth-order valence-electron chi connectivity index (χ4n) is 1.70. The zero-order valence-corrected chi connectivity index (χ0v) is 11.4. The summed E-state index contributed by atoms with van der Waals surface area (Å²) in [7, 11) is 0. The van der Waals surface area contributed by atoms with E-state index in [2.05, 4.69) is 0 Å². The molecule has 3 N–H and O–H groups in total. The van der Waals surface area contributed by atoms with Gasteiger partial charge < -0.3 is 10.5 Å². The lowest BCUT2D eigenvalue weighted by molar-refractivity contribution is 0.306. The number of aryl methyl sites for hydroxylation is 1. The summed E-state index contributed by atoms with van der Waals surface area (Å²) in [6.07, 6.45) is 0. The highest BCUT2D eigenvalue weighted by Crippen LogP contribution is 2.21. The summed E-state index contributed by atoms with van der Waals surface area (Å²) >= 11 is 5.96. The summed E-state index contributed by atoms with van der Waals surface area (Å²) in [5, 5.41) is 8.13. The van der Waals surface area contributed by atoms with Gasteiger partial charge in [-0.1, -0.05) is 29.8 Å². The normalized spacial score (nSPS) is 10.2. The highest BCUT2D eigenvalue weighted by molar-refractivity contribution is 6.31. The van der Waals surface area contributed by atoms with E-state index in [0.29, 0.717) is 12.2 Å². The van der Waals surface area contributed by atoms with Crippen LogP contribution in [0.1, 0.15) is 16.7 Å². The molecule has 98 valence electrons. The Labute approximate surface area is 117 Å². The van der Waals surface area contributed by atoms with Gasteiger partial charge in [0.05, 0.1) is 0 Å². The zero-order chi connectivity index (χ0) is 13.8. The predicted octanol–water partition coefficient (Wildman–Crippen LogP) is 3.51. The van der Waals surface area contributed by atoms with E-state index in [4.69, 9.17) is 27.5 Å². The average Bonchev–Trinajstić information content (AvgIpc) is 2.40. The molecule has 0 aliphatic rings. The third kappa shape index (κ3) is 3.48. The third-order valence-corrected chi connectivity index (χ3v) is 3.20. The Morgan fingerprint density at radius 3 is 2.74 bits per heavy atom. The van der Waals surface area contributed by atoms with Gasteiger partial charge in [0.2, 0.25) is 0 Å². The van der Waals surface area contributed by atoms with Crippen LogP contribution >= 0.6 is 11.6 Å². The Kier molecular flexibility index (Phi) is 4.07. The lowest BCUT2D eigenvalue weighted by Crippen LogP contribution is -2.11. The molecule has 0 saturated carbocycles. The molecule has 0 heterocycles. The number of amidine groups is 1. The molecule has 0 unspecified atom stereocenters. The van der Waals surface area contributed by atoms with E-state index in [1.165, 1.54) is 0 Å². The van der Waals surface area contributed by atoms with Crippen molar-refractivity contribution < 1.29 is 4.74 Å². The average molecular weight is 275 g/mol. The molecule has 0 atom stereocenters. The summed E-state index contributed by atoms with van der Waals surface area (Å²) in [4.78, 5) is 0. The van der Waals surface area contributed by atoms with Crippen LogP contribution in [0.4, 0.5) is 0 Å². The molecule has 0 bridgehead atoms. The van der Waals surface area contributed by atoms with E-state index in [0.717, 1.165) is 21.9 Å². The van der Waals surface area contributed by atoms with Crippen LogP contribution in [0.15, 0.2) is 42.5 Å². The van der Waals surface area contributed by atoms with E-state index >= 15 is 0 Å². The standard InChI is InChI=1S/C15H15ClN2O/c1-10-7-13(5-6-14(10)16)19-9-11-3-2-4-12(8-11)15(17)18/h2-8H,9H2,1H3,(H3,17,18). The first-order valence-corrected chi connectivity index (χ1v) is 6.26. The van der Waals surface area contributed by atoms with Gasteiger partial charge in [0.1, 0.15) is 18.2 Å². The van der Waals surface area contributed by atoms with E-state index in [1.54, 1.807) is 6.07 Å². The van der Waals surface area contributed by atoms with Gasteiger partial charge in [-0.05, 0) is 42.3 Å². The van der Waals surface area contributed by atoms with Crippen molar-refractivity contribution in [3.05, 3.63) is 64.2 Å². The van der Waals surface area contributed by atoms with Crippen LogP contribution in [0.2, 0.25) is 5.02 Å². The first-order chi connectivity index (χ1) is 9.06. The molecular weight excluding hydrogens is 260 g/mol. The molecule has 2 aromatic rings. The minimum Gasteiger partial charge on any atom is -0.489 e. The smallest absolute Gasteiger partial charge is 0.122 e. The van der Waals surface area contributed by atoms with Crippen LogP contribution in [0.5, 0.6) is 5.75 Å². The molecule has 0 radical (unpaired) electrons. The van der Waals surface area contributed by atoms with Crippen LogP contribution in [0.25, 0.3) is 0 Å². The summed E-state index contributed by atoms with van der Waals surface area (Å²) < 4.78 is 5.69. The minimum absolute atomic E-state index is 0.0594. The molecule has 0 aliphatic heterocycles. The molecule has 2 rings (SSSR count). The highest BCUT2D eigenvalue weighted by atomic mass is 35.5. The van der Waals surface area contributed by atoms with Crippen molar-refractivity contribution in [1.82, 2.24) is 0 Å². The van der Waals surface area contributed by atoms with Gasteiger partial charge >= 0.3 is 0 Å². The number of rotatable bonds is 4. The molecule has 2 aromatic carbocycles.